The van der Waals surface area contributed by atoms with Gasteiger partial charge >= 0.3 is 23.9 Å². The molecule has 16 nitrogen and oxygen atoms in total. The van der Waals surface area contributed by atoms with Gasteiger partial charge in [-0.05, 0) is 98.5 Å². The fourth-order valence-corrected chi connectivity index (χ4v) is 4.45. The van der Waals surface area contributed by atoms with Gasteiger partial charge in [-0.3, -0.25) is 19.2 Å². The van der Waals surface area contributed by atoms with Gasteiger partial charge in [-0.1, -0.05) is 48.5 Å². The molecule has 0 heterocycles. The number of benzene rings is 4. The Labute approximate surface area is 324 Å². The summed E-state index contributed by atoms with van der Waals surface area (Å²) in [6, 6.07) is 25.3. The number of carbonyl (C=O) groups is 4. The first-order valence-corrected chi connectivity index (χ1v) is 16.9. The lowest BCUT2D eigenvalue weighted by molar-refractivity contribution is -0.143. The lowest BCUT2D eigenvalue weighted by Gasteiger charge is -2.18. The molecule has 0 saturated heterocycles. The zero-order chi connectivity index (χ0) is 43.1. The summed E-state index contributed by atoms with van der Waals surface area (Å²) in [5, 5.41) is 71.2. The summed E-state index contributed by atoms with van der Waals surface area (Å²) in [5.41, 5.74) is 20.4. The molecule has 4 aromatic rings. The number of carboxylic acids is 4. The van der Waals surface area contributed by atoms with Crippen molar-refractivity contribution in [1.82, 2.24) is 0 Å². The van der Waals surface area contributed by atoms with Gasteiger partial charge in [0.05, 0.1) is 0 Å². The number of aliphatic carboxylic acids is 4. The molecule has 0 aromatic heterocycles. The predicted octanol–water partition coefficient (Wildman–Crippen LogP) is 2.95. The van der Waals surface area contributed by atoms with E-state index in [1.807, 2.05) is 0 Å². The minimum absolute atomic E-state index is 0.155. The van der Waals surface area contributed by atoms with Gasteiger partial charge in [0.1, 0.15) is 45.2 Å². The Kier molecular flexibility index (Phi) is 17.5. The van der Waals surface area contributed by atoms with Crippen molar-refractivity contribution in [1.29, 1.82) is 0 Å². The molecule has 56 heavy (non-hydrogen) atoms. The molecule has 0 fully saturated rings. The van der Waals surface area contributed by atoms with E-state index in [0.29, 0.717) is 0 Å². The van der Waals surface area contributed by atoms with Crippen LogP contribution in [0, 0.1) is 0 Å². The van der Waals surface area contributed by atoms with Crippen LogP contribution in [0.3, 0.4) is 0 Å². The lowest BCUT2D eigenvalue weighted by atomic mass is 9.94. The highest BCUT2D eigenvalue weighted by molar-refractivity contribution is 5.79. The first-order chi connectivity index (χ1) is 25.7. The number of nitrogens with two attached hydrogens (primary N) is 4. The molecule has 0 bridgehead atoms. The van der Waals surface area contributed by atoms with Crippen LogP contribution in [-0.4, -0.2) is 86.9 Å². The van der Waals surface area contributed by atoms with Crippen LogP contribution < -0.4 is 22.9 Å². The smallest absolute Gasteiger partial charge is 0.323 e. The van der Waals surface area contributed by atoms with Crippen LogP contribution in [0.15, 0.2) is 97.1 Å². The molecular formula is C40H52N4O12. The van der Waals surface area contributed by atoms with E-state index in [2.05, 4.69) is 0 Å². The zero-order valence-electron chi connectivity index (χ0n) is 31.6. The number of hydrogen-bond acceptors (Lipinski definition) is 12. The molecule has 4 aromatic carbocycles. The maximum Gasteiger partial charge on any atom is 0.323 e. The van der Waals surface area contributed by atoms with Gasteiger partial charge in [0.15, 0.2) is 0 Å². The summed E-state index contributed by atoms with van der Waals surface area (Å²) in [4.78, 5) is 42.9. The summed E-state index contributed by atoms with van der Waals surface area (Å²) < 4.78 is 0. The molecule has 0 aliphatic carbocycles. The molecule has 0 aliphatic rings. The summed E-state index contributed by atoms with van der Waals surface area (Å²) in [6.07, 6.45) is 0.955. The molecule has 0 aliphatic heterocycles. The maximum absolute atomic E-state index is 10.7. The number of rotatable bonds is 12. The first-order valence-electron chi connectivity index (χ1n) is 16.9. The standard InChI is InChI=1S/4C10H13NO3/c4*1-10(11,9(13)14)6-7-2-4-8(12)5-3-7/h4*2-5,12H,6,11H2,1H3,(H,13,14)/t3*10-;/m110./s1. The molecule has 4 rings (SSSR count). The Morgan fingerprint density at radius 2 is 0.482 bits per heavy atom. The van der Waals surface area contributed by atoms with Crippen molar-refractivity contribution in [3.8, 4) is 23.0 Å². The second-order valence-corrected chi connectivity index (χ2v) is 14.3. The fraction of sp³-hybridized carbons (Fsp3) is 0.300. The predicted molar refractivity (Wildman–Crippen MR) is 208 cm³/mol. The second-order valence-electron chi connectivity index (χ2n) is 14.3. The number of phenols is 4. The number of aromatic hydroxyl groups is 4. The molecule has 0 radical (unpaired) electrons. The average molecular weight is 781 g/mol. The Morgan fingerprint density at radius 1 is 0.357 bits per heavy atom. The van der Waals surface area contributed by atoms with E-state index < -0.39 is 46.0 Å². The third-order valence-electron chi connectivity index (χ3n) is 7.99. The molecule has 304 valence electrons. The molecule has 1 unspecified atom stereocenters. The van der Waals surface area contributed by atoms with Crippen LogP contribution in [0.1, 0.15) is 49.9 Å². The van der Waals surface area contributed by atoms with Crippen molar-refractivity contribution in [2.45, 2.75) is 75.5 Å². The molecule has 0 amide bonds. The third kappa shape index (κ3) is 17.3. The highest BCUT2D eigenvalue weighted by atomic mass is 16.4. The Morgan fingerprint density at radius 3 is 0.589 bits per heavy atom. The van der Waals surface area contributed by atoms with E-state index in [1.54, 1.807) is 48.5 Å². The minimum atomic E-state index is -1.27. The monoisotopic (exact) mass is 780 g/mol. The summed E-state index contributed by atoms with van der Waals surface area (Å²) >= 11 is 0. The van der Waals surface area contributed by atoms with Gasteiger partial charge in [0.2, 0.25) is 0 Å². The Bertz CT molecular complexity index is 1600. The number of phenolic OH excluding ortho intramolecular Hbond substituents is 4. The SMILES string of the molecule is CC(N)(Cc1ccc(O)cc1)C(=O)O.C[C@@](N)(Cc1ccc(O)cc1)C(=O)O.C[C@@](N)(Cc1ccc(O)cc1)C(=O)O.C[C@](N)(Cc1ccc(O)cc1)C(=O)O. The van der Waals surface area contributed by atoms with Crippen LogP contribution in [0.2, 0.25) is 0 Å². The Hall–Kier alpha value is -6.20. The van der Waals surface area contributed by atoms with E-state index in [9.17, 15) is 19.2 Å². The van der Waals surface area contributed by atoms with Crippen molar-refractivity contribution >= 4 is 23.9 Å². The fourth-order valence-electron chi connectivity index (χ4n) is 4.45. The molecule has 16 N–H and O–H groups in total. The van der Waals surface area contributed by atoms with Crippen LogP contribution >= 0.6 is 0 Å². The van der Waals surface area contributed by atoms with E-state index in [1.165, 1.54) is 76.2 Å². The van der Waals surface area contributed by atoms with Gasteiger partial charge in [-0.2, -0.15) is 0 Å². The highest BCUT2D eigenvalue weighted by Crippen LogP contribution is 2.18. The molecule has 16 heteroatoms. The quantitative estimate of drug-likeness (QED) is 0.0983. The van der Waals surface area contributed by atoms with E-state index >= 15 is 0 Å². The van der Waals surface area contributed by atoms with Crippen LogP contribution in [0.5, 0.6) is 23.0 Å². The van der Waals surface area contributed by atoms with E-state index in [0.717, 1.165) is 22.3 Å². The van der Waals surface area contributed by atoms with E-state index in [-0.39, 0.29) is 48.7 Å². The maximum atomic E-state index is 10.7. The van der Waals surface area contributed by atoms with Gasteiger partial charge in [-0.25, -0.2) is 0 Å². The second kappa shape index (κ2) is 20.5. The summed E-state index contributed by atoms with van der Waals surface area (Å²) in [6.45, 7) is 5.84. The van der Waals surface area contributed by atoms with Gasteiger partial charge in [-0.15, -0.1) is 0 Å². The largest absolute Gasteiger partial charge is 0.508 e. The van der Waals surface area contributed by atoms with Crippen molar-refractivity contribution < 1.29 is 60.0 Å². The first kappa shape index (κ1) is 47.8. The number of carboxylic acid groups (broad SMARTS) is 4. The summed E-state index contributed by atoms with van der Waals surface area (Å²) in [7, 11) is 0. The molecule has 4 atom stereocenters. The molecule has 0 saturated carbocycles. The van der Waals surface area contributed by atoms with Crippen LogP contribution in [0.25, 0.3) is 0 Å². The average Bonchev–Trinajstić information content (AvgIpc) is 3.09. The normalized spacial score (nSPS) is 14.7. The Balaban J connectivity index is 0.000000373. The molecule has 0 spiro atoms. The van der Waals surface area contributed by atoms with Crippen molar-refractivity contribution in [3.63, 3.8) is 0 Å². The zero-order valence-corrected chi connectivity index (χ0v) is 31.6. The number of hydrogen-bond donors (Lipinski definition) is 12. The van der Waals surface area contributed by atoms with Crippen LogP contribution in [0.4, 0.5) is 0 Å². The summed E-state index contributed by atoms with van der Waals surface area (Å²) in [5.74, 6) is -3.52. The topological polar surface area (TPSA) is 334 Å². The van der Waals surface area contributed by atoms with Crippen LogP contribution in [-0.2, 0) is 44.9 Å². The van der Waals surface area contributed by atoms with Gasteiger partial charge < -0.3 is 63.8 Å². The third-order valence-corrected chi connectivity index (χ3v) is 7.99. The highest BCUT2D eigenvalue weighted by Gasteiger charge is 2.30. The van der Waals surface area contributed by atoms with Crippen molar-refractivity contribution in [2.24, 2.45) is 22.9 Å². The minimum Gasteiger partial charge on any atom is -0.508 e. The van der Waals surface area contributed by atoms with Crippen molar-refractivity contribution in [2.75, 3.05) is 0 Å². The van der Waals surface area contributed by atoms with E-state index in [4.69, 9.17) is 63.8 Å². The van der Waals surface area contributed by atoms with Gasteiger partial charge in [0, 0.05) is 25.7 Å². The lowest BCUT2D eigenvalue weighted by Crippen LogP contribution is -2.46. The van der Waals surface area contributed by atoms with Gasteiger partial charge in [0.25, 0.3) is 0 Å². The molecular weight excluding hydrogens is 728 g/mol. The van der Waals surface area contributed by atoms with Crippen molar-refractivity contribution in [3.05, 3.63) is 119 Å².